The number of aryl methyl sites for hydroxylation is 1. The summed E-state index contributed by atoms with van der Waals surface area (Å²) in [7, 11) is 0. The number of hydrogen-bond donors (Lipinski definition) is 2. The Balaban J connectivity index is 1.57. The van der Waals surface area contributed by atoms with Gasteiger partial charge in [0.1, 0.15) is 5.82 Å². The number of benzene rings is 1. The van der Waals surface area contributed by atoms with E-state index in [0.717, 1.165) is 22.5 Å². The molecule has 0 aliphatic carbocycles. The number of halogens is 1. The van der Waals surface area contributed by atoms with E-state index in [0.29, 0.717) is 34.3 Å². The zero-order valence-corrected chi connectivity index (χ0v) is 18.5. The van der Waals surface area contributed by atoms with Gasteiger partial charge < -0.3 is 11.1 Å². The average Bonchev–Trinajstić information content (AvgIpc) is 3.43. The van der Waals surface area contributed by atoms with Crippen molar-refractivity contribution in [3.8, 4) is 17.1 Å². The van der Waals surface area contributed by atoms with Gasteiger partial charge in [-0.25, -0.2) is 14.2 Å². The number of hydrogen-bond acceptors (Lipinski definition) is 5. The minimum atomic E-state index is -0.527. The van der Waals surface area contributed by atoms with Crippen LogP contribution >= 0.6 is 11.6 Å². The smallest absolute Gasteiger partial charge is 0.252 e. The van der Waals surface area contributed by atoms with E-state index in [9.17, 15) is 4.79 Å². The molecule has 5 rings (SSSR count). The molecule has 0 aliphatic heterocycles. The lowest BCUT2D eigenvalue weighted by Crippen LogP contribution is -2.10. The molecule has 1 amide bonds. The van der Waals surface area contributed by atoms with Crippen molar-refractivity contribution < 1.29 is 4.79 Å². The van der Waals surface area contributed by atoms with Crippen LogP contribution in [0.3, 0.4) is 0 Å². The van der Waals surface area contributed by atoms with Crippen molar-refractivity contribution in [2.24, 2.45) is 5.73 Å². The van der Waals surface area contributed by atoms with Crippen LogP contribution in [0.2, 0.25) is 5.02 Å². The van der Waals surface area contributed by atoms with E-state index in [4.69, 9.17) is 22.4 Å². The summed E-state index contributed by atoms with van der Waals surface area (Å²) in [6, 6.07) is 19.2. The fourth-order valence-corrected chi connectivity index (χ4v) is 3.75. The molecule has 0 bridgehead atoms. The van der Waals surface area contributed by atoms with E-state index >= 15 is 0 Å². The van der Waals surface area contributed by atoms with Gasteiger partial charge in [0.25, 0.3) is 5.91 Å². The van der Waals surface area contributed by atoms with Gasteiger partial charge in [-0.1, -0.05) is 29.8 Å². The van der Waals surface area contributed by atoms with Crippen molar-refractivity contribution in [1.29, 1.82) is 0 Å². The molecule has 0 saturated carbocycles. The van der Waals surface area contributed by atoms with Crippen LogP contribution in [0.5, 0.6) is 0 Å². The second kappa shape index (κ2) is 8.40. The standard InChI is InChI=1S/C24H20ClN7O/c1-15-3-2-4-23(29-15)32-20(12-22(30-32)27-13-16-5-7-18(25)8-6-16)17-9-10-31-21(11-17)19(14-28-31)24(26)33/h2-12,14H,13H2,1H3,(H2,26,33)(H,27,30). The molecule has 0 saturated heterocycles. The number of carbonyl (C=O) groups is 1. The Bertz CT molecular complexity index is 1470. The van der Waals surface area contributed by atoms with E-state index < -0.39 is 5.91 Å². The van der Waals surface area contributed by atoms with Crippen LogP contribution in [-0.4, -0.2) is 30.3 Å². The lowest BCUT2D eigenvalue weighted by atomic mass is 10.1. The van der Waals surface area contributed by atoms with Crippen LogP contribution < -0.4 is 11.1 Å². The molecule has 0 unspecified atom stereocenters. The highest BCUT2D eigenvalue weighted by molar-refractivity contribution is 6.30. The third-order valence-corrected chi connectivity index (χ3v) is 5.52. The van der Waals surface area contributed by atoms with Gasteiger partial charge in [0.2, 0.25) is 0 Å². The van der Waals surface area contributed by atoms with Crippen molar-refractivity contribution >= 4 is 28.8 Å². The number of pyridine rings is 2. The Hall–Kier alpha value is -4.17. The number of anilines is 1. The Kier molecular flexibility index (Phi) is 5.27. The van der Waals surface area contributed by atoms with Gasteiger partial charge in [-0.2, -0.15) is 5.10 Å². The monoisotopic (exact) mass is 457 g/mol. The third-order valence-electron chi connectivity index (χ3n) is 5.27. The number of aromatic nitrogens is 5. The quantitative estimate of drug-likeness (QED) is 0.396. The first-order valence-corrected chi connectivity index (χ1v) is 10.7. The lowest BCUT2D eigenvalue weighted by Gasteiger charge is -2.08. The highest BCUT2D eigenvalue weighted by Gasteiger charge is 2.16. The number of nitrogens with zero attached hydrogens (tertiary/aromatic N) is 5. The Morgan fingerprint density at radius 3 is 2.70 bits per heavy atom. The first-order chi connectivity index (χ1) is 16.0. The molecule has 0 spiro atoms. The van der Waals surface area contributed by atoms with Crippen LogP contribution in [0.4, 0.5) is 5.82 Å². The molecule has 4 aromatic heterocycles. The second-order valence-corrected chi connectivity index (χ2v) is 8.05. The molecule has 0 fully saturated rings. The van der Waals surface area contributed by atoms with Gasteiger partial charge >= 0.3 is 0 Å². The molecule has 4 heterocycles. The van der Waals surface area contributed by atoms with Crippen molar-refractivity contribution in [3.63, 3.8) is 0 Å². The largest absolute Gasteiger partial charge is 0.365 e. The van der Waals surface area contributed by atoms with E-state index in [2.05, 4.69) is 15.4 Å². The predicted molar refractivity (Wildman–Crippen MR) is 128 cm³/mol. The van der Waals surface area contributed by atoms with E-state index in [-0.39, 0.29) is 0 Å². The number of amides is 1. The third kappa shape index (κ3) is 4.16. The molecule has 9 heteroatoms. The molecule has 0 aliphatic rings. The fraction of sp³-hybridized carbons (Fsp3) is 0.0833. The predicted octanol–water partition coefficient (Wildman–Crippen LogP) is 4.25. The highest BCUT2D eigenvalue weighted by atomic mass is 35.5. The van der Waals surface area contributed by atoms with Gasteiger partial charge in [0.05, 0.1) is 23.0 Å². The van der Waals surface area contributed by atoms with Gasteiger partial charge in [-0.15, -0.1) is 5.10 Å². The molecule has 3 N–H and O–H groups in total. The topological polar surface area (TPSA) is 103 Å². The molecular formula is C24H20ClN7O. The van der Waals surface area contributed by atoms with Crippen LogP contribution in [0.25, 0.3) is 22.6 Å². The van der Waals surface area contributed by atoms with Crippen molar-refractivity contribution in [1.82, 2.24) is 24.4 Å². The minimum absolute atomic E-state index is 0.359. The summed E-state index contributed by atoms with van der Waals surface area (Å²) in [5.41, 5.74) is 10.1. The number of carbonyl (C=O) groups excluding carboxylic acids is 1. The molecule has 164 valence electrons. The molecule has 5 aromatic rings. The van der Waals surface area contributed by atoms with Crippen LogP contribution in [-0.2, 0) is 6.54 Å². The average molecular weight is 458 g/mol. The summed E-state index contributed by atoms with van der Waals surface area (Å²) in [5.74, 6) is 0.848. The summed E-state index contributed by atoms with van der Waals surface area (Å²) < 4.78 is 3.40. The number of rotatable bonds is 6. The van der Waals surface area contributed by atoms with Crippen LogP contribution in [0, 0.1) is 6.92 Å². The van der Waals surface area contributed by atoms with E-state index in [1.54, 1.807) is 15.4 Å². The summed E-state index contributed by atoms with van der Waals surface area (Å²) in [5, 5.41) is 13.0. The maximum atomic E-state index is 11.8. The summed E-state index contributed by atoms with van der Waals surface area (Å²) in [6.07, 6.45) is 3.26. The molecular weight excluding hydrogens is 438 g/mol. The summed E-state index contributed by atoms with van der Waals surface area (Å²) in [4.78, 5) is 16.5. The number of fused-ring (bicyclic) bond motifs is 1. The fourth-order valence-electron chi connectivity index (χ4n) is 3.62. The Morgan fingerprint density at radius 1 is 1.12 bits per heavy atom. The molecule has 0 atom stereocenters. The SMILES string of the molecule is Cc1cccc(-n2nc(NCc3ccc(Cl)cc3)cc2-c2ccn3ncc(C(N)=O)c3c2)n1. The van der Waals surface area contributed by atoms with Crippen molar-refractivity contribution in [2.75, 3.05) is 5.32 Å². The molecule has 0 radical (unpaired) electrons. The molecule has 33 heavy (non-hydrogen) atoms. The first kappa shape index (κ1) is 20.7. The molecule has 1 aromatic carbocycles. The van der Waals surface area contributed by atoms with Crippen molar-refractivity contribution in [3.05, 3.63) is 94.9 Å². The van der Waals surface area contributed by atoms with Gasteiger partial charge in [-0.3, -0.25) is 4.79 Å². The second-order valence-electron chi connectivity index (χ2n) is 7.61. The van der Waals surface area contributed by atoms with E-state index in [1.807, 2.05) is 67.6 Å². The summed E-state index contributed by atoms with van der Waals surface area (Å²) in [6.45, 7) is 2.52. The Morgan fingerprint density at radius 2 is 1.94 bits per heavy atom. The number of nitrogens with one attached hydrogen (secondary N) is 1. The zero-order valence-electron chi connectivity index (χ0n) is 17.7. The normalized spacial score (nSPS) is 11.1. The maximum absolute atomic E-state index is 11.8. The van der Waals surface area contributed by atoms with Gasteiger partial charge in [0, 0.05) is 35.1 Å². The van der Waals surface area contributed by atoms with Gasteiger partial charge in [0.15, 0.2) is 5.82 Å². The van der Waals surface area contributed by atoms with Crippen molar-refractivity contribution in [2.45, 2.75) is 13.5 Å². The zero-order chi connectivity index (χ0) is 22.9. The van der Waals surface area contributed by atoms with Gasteiger partial charge in [-0.05, 0) is 48.9 Å². The first-order valence-electron chi connectivity index (χ1n) is 10.3. The number of nitrogens with two attached hydrogens (primary N) is 1. The minimum Gasteiger partial charge on any atom is -0.365 e. The van der Waals surface area contributed by atoms with Crippen LogP contribution in [0.1, 0.15) is 21.6 Å². The number of primary amides is 1. The van der Waals surface area contributed by atoms with E-state index in [1.165, 1.54) is 6.20 Å². The maximum Gasteiger partial charge on any atom is 0.252 e. The van der Waals surface area contributed by atoms with Crippen LogP contribution in [0.15, 0.2) is 73.1 Å². The molecule has 8 nitrogen and oxygen atoms in total. The lowest BCUT2D eigenvalue weighted by molar-refractivity contribution is 0.100. The summed E-state index contributed by atoms with van der Waals surface area (Å²) >= 11 is 5.99. The Labute approximate surface area is 194 Å². The highest BCUT2D eigenvalue weighted by Crippen LogP contribution is 2.28.